The van der Waals surface area contributed by atoms with Crippen LogP contribution in [-0.2, 0) is 16.0 Å². The highest BCUT2D eigenvalue weighted by Gasteiger charge is 2.32. The first-order valence-corrected chi connectivity index (χ1v) is 8.46. The number of hydrogen-bond acceptors (Lipinski definition) is 3. The van der Waals surface area contributed by atoms with Gasteiger partial charge in [0.1, 0.15) is 11.4 Å². The molecule has 2 aromatic carbocycles. The number of halogens is 4. The van der Waals surface area contributed by atoms with Gasteiger partial charge in [0.05, 0.1) is 0 Å². The number of nitrogens with one attached hydrogen (secondary N) is 1. The van der Waals surface area contributed by atoms with Crippen molar-refractivity contribution in [1.82, 2.24) is 0 Å². The van der Waals surface area contributed by atoms with Crippen LogP contribution in [0.4, 0.5) is 28.9 Å². The lowest BCUT2D eigenvalue weighted by atomic mass is 10.1. The summed E-state index contributed by atoms with van der Waals surface area (Å²) < 4.78 is 55.0. The van der Waals surface area contributed by atoms with Crippen LogP contribution in [0.15, 0.2) is 35.4 Å². The Morgan fingerprint density at radius 1 is 1.11 bits per heavy atom. The van der Waals surface area contributed by atoms with Crippen molar-refractivity contribution in [2.45, 2.75) is 26.2 Å². The topological polar surface area (TPSA) is 61.8 Å². The first-order valence-electron chi connectivity index (χ1n) is 8.46. The van der Waals surface area contributed by atoms with Crippen molar-refractivity contribution >= 4 is 28.9 Å². The Bertz CT molecular complexity index is 965. The van der Waals surface area contributed by atoms with E-state index in [1.54, 1.807) is 18.2 Å². The minimum absolute atomic E-state index is 0.0294. The number of nitrogens with zero attached hydrogens (tertiary/aromatic N) is 2. The van der Waals surface area contributed by atoms with Gasteiger partial charge in [-0.2, -0.15) is 10.1 Å². The second kappa shape index (κ2) is 7.79. The van der Waals surface area contributed by atoms with Crippen LogP contribution < -0.4 is 10.3 Å². The van der Waals surface area contributed by atoms with Crippen molar-refractivity contribution in [3.8, 4) is 0 Å². The smallest absolute Gasteiger partial charge is 0.271 e. The quantitative estimate of drug-likeness (QED) is 0.632. The molecule has 146 valence electrons. The van der Waals surface area contributed by atoms with Crippen molar-refractivity contribution in [3.05, 3.63) is 59.2 Å². The Morgan fingerprint density at radius 3 is 2.39 bits per heavy atom. The van der Waals surface area contributed by atoms with E-state index in [1.807, 2.05) is 13.0 Å². The molecule has 3 rings (SSSR count). The molecule has 0 saturated heterocycles. The molecule has 1 aliphatic heterocycles. The van der Waals surface area contributed by atoms with Crippen LogP contribution in [0.5, 0.6) is 0 Å². The lowest BCUT2D eigenvalue weighted by molar-refractivity contribution is -0.118. The van der Waals surface area contributed by atoms with Crippen LogP contribution >= 0.6 is 0 Å². The molecule has 9 heteroatoms. The molecular weight excluding hydrogens is 378 g/mol. The largest absolute Gasteiger partial charge is 0.321 e. The Morgan fingerprint density at radius 2 is 1.75 bits per heavy atom. The normalized spacial score (nSPS) is 14.1. The molecule has 0 radical (unpaired) electrons. The number of rotatable bonds is 4. The Kier molecular flexibility index (Phi) is 5.43. The van der Waals surface area contributed by atoms with Crippen LogP contribution in [0.3, 0.4) is 0 Å². The molecule has 1 N–H and O–H groups in total. The zero-order chi connectivity index (χ0) is 20.4. The predicted octanol–water partition coefficient (Wildman–Crippen LogP) is 3.93. The van der Waals surface area contributed by atoms with Crippen molar-refractivity contribution in [1.29, 1.82) is 0 Å². The van der Waals surface area contributed by atoms with Gasteiger partial charge in [-0.3, -0.25) is 9.59 Å². The van der Waals surface area contributed by atoms with E-state index >= 15 is 0 Å². The number of carbonyl (C=O) groups is 2. The molecule has 1 aliphatic rings. The maximum Gasteiger partial charge on any atom is 0.271 e. The zero-order valence-corrected chi connectivity index (χ0v) is 14.7. The van der Waals surface area contributed by atoms with Crippen molar-refractivity contribution in [2.24, 2.45) is 5.10 Å². The number of aryl methyl sites for hydroxylation is 1. The van der Waals surface area contributed by atoms with Crippen LogP contribution in [0.1, 0.15) is 25.3 Å². The van der Waals surface area contributed by atoms with E-state index in [2.05, 4.69) is 10.4 Å². The first kappa shape index (κ1) is 19.5. The fourth-order valence-electron chi connectivity index (χ4n) is 2.78. The lowest BCUT2D eigenvalue weighted by Crippen LogP contribution is -2.37. The summed E-state index contributed by atoms with van der Waals surface area (Å²) in [6.45, 7) is 1.90. The van der Waals surface area contributed by atoms with E-state index in [9.17, 15) is 27.2 Å². The van der Waals surface area contributed by atoms with Crippen LogP contribution in [0.25, 0.3) is 0 Å². The number of hydrazone groups is 1. The van der Waals surface area contributed by atoms with Gasteiger partial charge < -0.3 is 5.32 Å². The second-order valence-electron chi connectivity index (χ2n) is 6.03. The number of para-hydroxylation sites is 1. The Balaban J connectivity index is 1.96. The van der Waals surface area contributed by atoms with Gasteiger partial charge in [-0.05, 0) is 18.1 Å². The third-order valence-electron chi connectivity index (χ3n) is 4.24. The summed E-state index contributed by atoms with van der Waals surface area (Å²) in [5.41, 5.74) is -0.116. The number of anilines is 2. The Hall–Kier alpha value is -3.23. The third kappa shape index (κ3) is 3.60. The molecule has 0 aromatic heterocycles. The van der Waals surface area contributed by atoms with Gasteiger partial charge in [0, 0.05) is 24.6 Å². The van der Waals surface area contributed by atoms with Gasteiger partial charge in [0.25, 0.3) is 5.91 Å². The number of amides is 2. The highest BCUT2D eigenvalue weighted by atomic mass is 19.2. The molecule has 0 aliphatic carbocycles. The van der Waals surface area contributed by atoms with Gasteiger partial charge in [-0.25, -0.2) is 17.6 Å². The molecule has 0 saturated carbocycles. The monoisotopic (exact) mass is 393 g/mol. The molecule has 0 unspecified atom stereocenters. The van der Waals surface area contributed by atoms with Gasteiger partial charge in [-0.1, -0.05) is 25.1 Å². The summed E-state index contributed by atoms with van der Waals surface area (Å²) in [7, 11) is 0. The highest BCUT2D eigenvalue weighted by molar-refractivity contribution is 6.44. The average molecular weight is 393 g/mol. The summed E-state index contributed by atoms with van der Waals surface area (Å²) in [5.74, 6) is -8.47. The molecule has 2 amide bonds. The van der Waals surface area contributed by atoms with E-state index < -0.39 is 40.8 Å². The van der Waals surface area contributed by atoms with Crippen molar-refractivity contribution < 1.29 is 27.2 Å². The molecular formula is C19H15F4N3O2. The van der Waals surface area contributed by atoms with E-state index in [0.717, 1.165) is 5.56 Å². The fourth-order valence-corrected chi connectivity index (χ4v) is 2.78. The molecule has 28 heavy (non-hydrogen) atoms. The number of carbonyl (C=O) groups excluding carboxylic acids is 2. The van der Waals surface area contributed by atoms with E-state index in [-0.39, 0.29) is 29.6 Å². The van der Waals surface area contributed by atoms with Crippen molar-refractivity contribution in [3.63, 3.8) is 0 Å². The minimum Gasteiger partial charge on any atom is -0.321 e. The molecule has 5 nitrogen and oxygen atoms in total. The highest BCUT2D eigenvalue weighted by Crippen LogP contribution is 2.30. The summed E-state index contributed by atoms with van der Waals surface area (Å²) in [4.78, 5) is 24.6. The van der Waals surface area contributed by atoms with Crippen LogP contribution in [0.2, 0.25) is 0 Å². The predicted molar refractivity (Wildman–Crippen MR) is 94.9 cm³/mol. The van der Waals surface area contributed by atoms with Gasteiger partial charge in [0.15, 0.2) is 23.3 Å². The lowest BCUT2D eigenvalue weighted by Gasteiger charge is -2.24. The number of benzene rings is 2. The Labute approximate surface area is 157 Å². The summed E-state index contributed by atoms with van der Waals surface area (Å²) in [5, 5.41) is 6.49. The second-order valence-corrected chi connectivity index (χ2v) is 6.03. The molecule has 0 atom stereocenters. The third-order valence-corrected chi connectivity index (χ3v) is 4.24. The SMILES string of the molecule is CCc1ccccc1NC(=O)C1=NN(c2c(F)c(F)cc(F)c2F)C(=O)CC1. The molecule has 0 bridgehead atoms. The molecule has 1 heterocycles. The van der Waals surface area contributed by atoms with E-state index in [0.29, 0.717) is 12.1 Å². The van der Waals surface area contributed by atoms with E-state index in [4.69, 9.17) is 0 Å². The van der Waals surface area contributed by atoms with Crippen LogP contribution in [0, 0.1) is 23.3 Å². The van der Waals surface area contributed by atoms with Crippen LogP contribution in [-0.4, -0.2) is 17.5 Å². The molecule has 0 fully saturated rings. The minimum atomic E-state index is -1.77. The van der Waals surface area contributed by atoms with Crippen molar-refractivity contribution in [2.75, 3.05) is 10.3 Å². The summed E-state index contributed by atoms with van der Waals surface area (Å²) in [6, 6.07) is 7.03. The summed E-state index contributed by atoms with van der Waals surface area (Å²) >= 11 is 0. The van der Waals surface area contributed by atoms with Gasteiger partial charge in [-0.15, -0.1) is 0 Å². The summed E-state index contributed by atoms with van der Waals surface area (Å²) in [6.07, 6.45) is 0.252. The maximum absolute atomic E-state index is 14.0. The zero-order valence-electron chi connectivity index (χ0n) is 14.7. The van der Waals surface area contributed by atoms with Gasteiger partial charge >= 0.3 is 0 Å². The average Bonchev–Trinajstić information content (AvgIpc) is 2.68. The standard InChI is InChI=1S/C19H15F4N3O2/c1-2-10-5-3-4-6-13(10)24-19(28)14-7-8-15(27)26(25-14)18-16(22)11(20)9-12(21)17(18)23/h3-6,9H,2,7-8H2,1H3,(H,24,28). The molecule has 2 aromatic rings. The van der Waals surface area contributed by atoms with E-state index in [1.165, 1.54) is 0 Å². The fraction of sp³-hybridized carbons (Fsp3) is 0.211. The molecule has 0 spiro atoms. The maximum atomic E-state index is 14.0. The number of hydrogen-bond donors (Lipinski definition) is 1. The first-order chi connectivity index (χ1) is 13.3. The van der Waals surface area contributed by atoms with Gasteiger partial charge in [0.2, 0.25) is 5.91 Å².